The van der Waals surface area contributed by atoms with E-state index in [4.69, 9.17) is 21.8 Å². The molecule has 20 heavy (non-hydrogen) atoms. The molecule has 0 saturated carbocycles. The maximum atomic E-state index is 5.48. The second-order valence-electron chi connectivity index (χ2n) is 3.61. The summed E-state index contributed by atoms with van der Waals surface area (Å²) in [5, 5.41) is 0. The molecule has 0 aliphatic carbocycles. The van der Waals surface area contributed by atoms with Crippen molar-refractivity contribution in [2.45, 2.75) is 4.58 Å². The van der Waals surface area contributed by atoms with Gasteiger partial charge in [-0.1, -0.05) is 35.7 Å². The van der Waals surface area contributed by atoms with Gasteiger partial charge in [-0.15, -0.1) is 35.3 Å². The summed E-state index contributed by atoms with van der Waals surface area (Å²) in [6.45, 7) is 1.75. The fourth-order valence-corrected chi connectivity index (χ4v) is 9.26. The van der Waals surface area contributed by atoms with E-state index in [0.717, 1.165) is 16.6 Å². The average molecular weight is 389 g/mol. The molecule has 0 spiro atoms. The number of hydrogen-bond acceptors (Lipinski definition) is 9. The van der Waals surface area contributed by atoms with Crippen molar-refractivity contribution in [2.24, 2.45) is 0 Å². The van der Waals surface area contributed by atoms with Crippen LogP contribution in [0.3, 0.4) is 0 Å². The lowest BCUT2D eigenvalue weighted by atomic mass is 10.7. The van der Waals surface area contributed by atoms with Crippen LogP contribution >= 0.6 is 71.0 Å². The fraction of sp³-hybridized carbons (Fsp3) is 0.727. The number of ether oxygens (including phenoxy) is 1. The topological polar surface area (TPSA) is 27.7 Å². The highest BCUT2D eigenvalue weighted by Crippen LogP contribution is 2.55. The van der Waals surface area contributed by atoms with E-state index < -0.39 is 0 Å². The van der Waals surface area contributed by atoms with Gasteiger partial charge in [-0.2, -0.15) is 0 Å². The van der Waals surface area contributed by atoms with Crippen molar-refractivity contribution in [1.29, 1.82) is 0 Å². The Morgan fingerprint density at radius 2 is 2.00 bits per heavy atom. The van der Waals surface area contributed by atoms with Crippen LogP contribution in [0.1, 0.15) is 0 Å². The van der Waals surface area contributed by atoms with Crippen molar-refractivity contribution in [3.63, 3.8) is 0 Å². The molecule has 0 aromatic carbocycles. The zero-order valence-electron chi connectivity index (χ0n) is 11.0. The van der Waals surface area contributed by atoms with Crippen molar-refractivity contribution in [3.8, 4) is 0 Å². The van der Waals surface area contributed by atoms with Crippen LogP contribution < -0.4 is 0 Å². The van der Waals surface area contributed by atoms with Crippen molar-refractivity contribution in [3.05, 3.63) is 8.47 Å². The molecule has 0 aromatic rings. The average Bonchev–Trinajstić information content (AvgIpc) is 3.08. The third-order valence-electron chi connectivity index (χ3n) is 2.24. The highest BCUT2D eigenvalue weighted by molar-refractivity contribution is 8.45. The summed E-state index contributed by atoms with van der Waals surface area (Å²) in [6, 6.07) is 0. The van der Waals surface area contributed by atoms with Gasteiger partial charge in [0, 0.05) is 17.3 Å². The summed E-state index contributed by atoms with van der Waals surface area (Å²) in [7, 11) is 1.50. The summed E-state index contributed by atoms with van der Waals surface area (Å²) >= 11 is 15.0. The van der Waals surface area contributed by atoms with E-state index in [2.05, 4.69) is 4.89 Å². The SMILES string of the molecule is COOCCOCCSC1SC(=C2SCCS2)SC1=S. The van der Waals surface area contributed by atoms with E-state index in [1.54, 1.807) is 11.8 Å². The van der Waals surface area contributed by atoms with Crippen LogP contribution in [-0.4, -0.2) is 53.0 Å². The summed E-state index contributed by atoms with van der Waals surface area (Å²) in [6.07, 6.45) is 0. The number of thioether (sulfide) groups is 5. The molecule has 114 valence electrons. The van der Waals surface area contributed by atoms with Crippen molar-refractivity contribution in [2.75, 3.05) is 44.2 Å². The Morgan fingerprint density at radius 1 is 1.20 bits per heavy atom. The standard InChI is InChI=1S/C11H16O3S6/c1-12-14-3-2-13-4-5-16-9-8(15)19-11(20-9)10-17-6-7-18-10/h9H,2-7H2,1H3. The molecule has 2 saturated heterocycles. The monoisotopic (exact) mass is 388 g/mol. The highest BCUT2D eigenvalue weighted by Gasteiger charge is 2.30. The molecule has 0 bridgehead atoms. The van der Waals surface area contributed by atoms with Crippen LogP contribution in [0.5, 0.6) is 0 Å². The van der Waals surface area contributed by atoms with Crippen LogP contribution in [0, 0.1) is 0 Å². The molecule has 2 aliphatic rings. The predicted molar refractivity (Wildman–Crippen MR) is 99.7 cm³/mol. The molecular formula is C11H16O3S6. The first-order valence-electron chi connectivity index (χ1n) is 6.04. The molecule has 0 N–H and O–H groups in total. The molecule has 2 fully saturated rings. The van der Waals surface area contributed by atoms with Gasteiger partial charge in [-0.25, -0.2) is 9.78 Å². The Bertz CT molecular complexity index is 354. The fourth-order valence-electron chi connectivity index (χ4n) is 1.42. The van der Waals surface area contributed by atoms with Gasteiger partial charge in [0.25, 0.3) is 0 Å². The minimum atomic E-state index is 0.387. The van der Waals surface area contributed by atoms with Gasteiger partial charge in [0.15, 0.2) is 0 Å². The maximum Gasteiger partial charge on any atom is 0.106 e. The molecule has 3 nitrogen and oxygen atoms in total. The lowest BCUT2D eigenvalue weighted by Gasteiger charge is -2.08. The maximum absolute atomic E-state index is 5.48. The van der Waals surface area contributed by atoms with Crippen molar-refractivity contribution in [1.82, 2.24) is 0 Å². The highest BCUT2D eigenvalue weighted by atomic mass is 32.2. The third-order valence-corrected chi connectivity index (χ3v) is 10.4. The molecule has 0 amide bonds. The van der Waals surface area contributed by atoms with Crippen molar-refractivity contribution >= 4 is 75.2 Å². The molecule has 0 radical (unpaired) electrons. The number of hydrogen-bond donors (Lipinski definition) is 0. The molecule has 2 heterocycles. The summed E-state index contributed by atoms with van der Waals surface area (Å²) in [5.41, 5.74) is 0. The second-order valence-corrected chi connectivity index (χ2v) is 10.7. The Balaban J connectivity index is 1.62. The van der Waals surface area contributed by atoms with Crippen LogP contribution in [-0.2, 0) is 14.5 Å². The minimum Gasteiger partial charge on any atom is -0.378 e. The zero-order valence-corrected chi connectivity index (χ0v) is 15.9. The molecular weight excluding hydrogens is 373 g/mol. The second kappa shape index (κ2) is 10.3. The van der Waals surface area contributed by atoms with Gasteiger partial charge in [-0.3, -0.25) is 0 Å². The first-order chi connectivity index (χ1) is 9.81. The van der Waals surface area contributed by atoms with E-state index >= 15 is 0 Å². The Labute approximate surface area is 146 Å². The largest absolute Gasteiger partial charge is 0.378 e. The van der Waals surface area contributed by atoms with Crippen LogP contribution in [0.15, 0.2) is 8.47 Å². The van der Waals surface area contributed by atoms with E-state index in [1.807, 2.05) is 47.0 Å². The normalized spacial score (nSPS) is 23.1. The molecule has 0 aromatic heterocycles. The molecule has 2 rings (SSSR count). The molecule has 1 atom stereocenters. The van der Waals surface area contributed by atoms with E-state index in [9.17, 15) is 0 Å². The van der Waals surface area contributed by atoms with E-state index in [0.29, 0.717) is 17.8 Å². The summed E-state index contributed by atoms with van der Waals surface area (Å²) in [5.74, 6) is 3.41. The van der Waals surface area contributed by atoms with Gasteiger partial charge in [0.05, 0.1) is 37.6 Å². The van der Waals surface area contributed by atoms with Gasteiger partial charge in [0.1, 0.15) is 6.61 Å². The minimum absolute atomic E-state index is 0.387. The first-order valence-corrected chi connectivity index (χ1v) is 11.2. The summed E-state index contributed by atoms with van der Waals surface area (Å²) in [4.78, 5) is 9.22. The van der Waals surface area contributed by atoms with Crippen LogP contribution in [0.4, 0.5) is 0 Å². The number of rotatable bonds is 8. The molecule has 2 aliphatic heterocycles. The van der Waals surface area contributed by atoms with Crippen molar-refractivity contribution < 1.29 is 14.5 Å². The quantitative estimate of drug-likeness (QED) is 0.264. The van der Waals surface area contributed by atoms with Crippen LogP contribution in [0.25, 0.3) is 0 Å². The van der Waals surface area contributed by atoms with Gasteiger partial charge in [-0.05, 0) is 0 Å². The molecule has 1 unspecified atom stereocenters. The van der Waals surface area contributed by atoms with Gasteiger partial charge in [0.2, 0.25) is 0 Å². The predicted octanol–water partition coefficient (Wildman–Crippen LogP) is 4.05. The first kappa shape index (κ1) is 17.8. The van der Waals surface area contributed by atoms with Crippen LogP contribution in [0.2, 0.25) is 0 Å². The Morgan fingerprint density at radius 3 is 2.75 bits per heavy atom. The molecule has 9 heteroatoms. The summed E-state index contributed by atoms with van der Waals surface area (Å²) < 4.78 is 9.82. The number of thiocarbonyl (C=S) groups is 1. The Kier molecular flexibility index (Phi) is 9.15. The lowest BCUT2D eigenvalue weighted by molar-refractivity contribution is -0.277. The van der Waals surface area contributed by atoms with E-state index in [-0.39, 0.29) is 0 Å². The smallest absolute Gasteiger partial charge is 0.106 e. The zero-order chi connectivity index (χ0) is 14.2. The lowest BCUT2D eigenvalue weighted by Crippen LogP contribution is -2.08. The van der Waals surface area contributed by atoms with Gasteiger partial charge >= 0.3 is 0 Å². The van der Waals surface area contributed by atoms with Gasteiger partial charge < -0.3 is 4.74 Å². The van der Waals surface area contributed by atoms with E-state index in [1.165, 1.54) is 27.1 Å². The third kappa shape index (κ3) is 5.92. The Hall–Kier alpha value is 1.46.